The Morgan fingerprint density at radius 1 is 1.50 bits per heavy atom. The molecule has 0 saturated carbocycles. The molecule has 16 heavy (non-hydrogen) atoms. The van der Waals surface area contributed by atoms with E-state index in [0.717, 1.165) is 32.5 Å². The van der Waals surface area contributed by atoms with Crippen LogP contribution in [-0.4, -0.2) is 25.5 Å². The van der Waals surface area contributed by atoms with Crippen LogP contribution in [0.25, 0.3) is 0 Å². The summed E-state index contributed by atoms with van der Waals surface area (Å²) in [4.78, 5) is 11.9. The van der Waals surface area contributed by atoms with Gasteiger partial charge in [-0.2, -0.15) is 0 Å². The SMILES string of the molecule is CC(CNC(=O)[C@@H]1CCCNC1)C(C)(C)C. The molecule has 1 saturated heterocycles. The van der Waals surface area contributed by atoms with Gasteiger partial charge < -0.3 is 10.6 Å². The molecule has 0 aliphatic carbocycles. The van der Waals surface area contributed by atoms with Gasteiger partial charge in [-0.15, -0.1) is 0 Å². The molecule has 0 bridgehead atoms. The largest absolute Gasteiger partial charge is 0.356 e. The Morgan fingerprint density at radius 2 is 2.19 bits per heavy atom. The van der Waals surface area contributed by atoms with E-state index in [4.69, 9.17) is 0 Å². The van der Waals surface area contributed by atoms with Crippen LogP contribution in [0.1, 0.15) is 40.5 Å². The van der Waals surface area contributed by atoms with Crippen molar-refractivity contribution in [3.63, 3.8) is 0 Å². The van der Waals surface area contributed by atoms with Crippen molar-refractivity contribution < 1.29 is 4.79 Å². The second kappa shape index (κ2) is 5.67. The normalized spacial score (nSPS) is 23.9. The van der Waals surface area contributed by atoms with Gasteiger partial charge in [0.25, 0.3) is 0 Å². The first-order chi connectivity index (χ1) is 7.41. The minimum absolute atomic E-state index is 0.181. The molecule has 0 aromatic rings. The van der Waals surface area contributed by atoms with Gasteiger partial charge in [-0.3, -0.25) is 4.79 Å². The van der Waals surface area contributed by atoms with Gasteiger partial charge in [0.15, 0.2) is 0 Å². The van der Waals surface area contributed by atoms with E-state index >= 15 is 0 Å². The molecule has 0 aromatic heterocycles. The molecule has 1 rings (SSSR count). The summed E-state index contributed by atoms with van der Waals surface area (Å²) in [5.41, 5.74) is 0.262. The second-order valence-electron chi connectivity index (χ2n) is 6.06. The number of amides is 1. The zero-order valence-corrected chi connectivity index (χ0v) is 11.1. The van der Waals surface area contributed by atoms with Crippen molar-refractivity contribution in [1.29, 1.82) is 0 Å². The predicted molar refractivity (Wildman–Crippen MR) is 67.2 cm³/mol. The van der Waals surface area contributed by atoms with Crippen LogP contribution in [0.2, 0.25) is 0 Å². The highest BCUT2D eigenvalue weighted by Crippen LogP contribution is 2.24. The van der Waals surface area contributed by atoms with Crippen molar-refractivity contribution in [3.05, 3.63) is 0 Å². The third kappa shape index (κ3) is 4.12. The molecule has 1 aliphatic heterocycles. The molecule has 0 spiro atoms. The van der Waals surface area contributed by atoms with Crippen LogP contribution in [0, 0.1) is 17.3 Å². The van der Waals surface area contributed by atoms with E-state index in [1.54, 1.807) is 0 Å². The number of carbonyl (C=O) groups is 1. The van der Waals surface area contributed by atoms with Crippen LogP contribution in [0.5, 0.6) is 0 Å². The topological polar surface area (TPSA) is 41.1 Å². The minimum atomic E-state index is 0.181. The summed E-state index contributed by atoms with van der Waals surface area (Å²) >= 11 is 0. The highest BCUT2D eigenvalue weighted by atomic mass is 16.1. The first-order valence-corrected chi connectivity index (χ1v) is 6.39. The van der Waals surface area contributed by atoms with Crippen LogP contribution in [0.4, 0.5) is 0 Å². The Balaban J connectivity index is 2.29. The fourth-order valence-electron chi connectivity index (χ4n) is 1.78. The Labute approximate surface area is 99.4 Å². The van der Waals surface area contributed by atoms with E-state index in [0.29, 0.717) is 5.92 Å². The number of carbonyl (C=O) groups excluding carboxylic acids is 1. The van der Waals surface area contributed by atoms with E-state index in [2.05, 4.69) is 38.3 Å². The van der Waals surface area contributed by atoms with Crippen LogP contribution in [-0.2, 0) is 4.79 Å². The van der Waals surface area contributed by atoms with Crippen molar-refractivity contribution in [2.75, 3.05) is 19.6 Å². The molecule has 1 unspecified atom stereocenters. The van der Waals surface area contributed by atoms with Gasteiger partial charge in [0.1, 0.15) is 0 Å². The quantitative estimate of drug-likeness (QED) is 0.770. The summed E-state index contributed by atoms with van der Waals surface area (Å²) in [6.45, 7) is 11.5. The monoisotopic (exact) mass is 226 g/mol. The maximum atomic E-state index is 11.9. The number of hydrogen-bond donors (Lipinski definition) is 2. The summed E-state index contributed by atoms with van der Waals surface area (Å²) in [7, 11) is 0. The molecule has 2 N–H and O–H groups in total. The standard InChI is InChI=1S/C13H26N2O/c1-10(13(2,3)4)8-15-12(16)11-6-5-7-14-9-11/h10-11,14H,5-9H2,1-4H3,(H,15,16)/t10?,11-/m1/s1. The fourth-order valence-corrected chi connectivity index (χ4v) is 1.78. The van der Waals surface area contributed by atoms with Crippen LogP contribution < -0.4 is 10.6 Å². The Bertz CT molecular complexity index is 227. The molecule has 1 fully saturated rings. The summed E-state index contributed by atoms with van der Waals surface area (Å²) in [6.07, 6.45) is 2.15. The molecule has 3 nitrogen and oxygen atoms in total. The lowest BCUT2D eigenvalue weighted by Gasteiger charge is -2.29. The molecular formula is C13H26N2O. The summed E-state index contributed by atoms with van der Waals surface area (Å²) in [5.74, 6) is 0.914. The van der Waals surface area contributed by atoms with Gasteiger partial charge in [0.2, 0.25) is 5.91 Å². The van der Waals surface area contributed by atoms with Gasteiger partial charge in [0, 0.05) is 13.1 Å². The number of piperidine rings is 1. The molecule has 2 atom stereocenters. The van der Waals surface area contributed by atoms with Crippen molar-refractivity contribution in [2.45, 2.75) is 40.5 Å². The van der Waals surface area contributed by atoms with Gasteiger partial charge in [-0.05, 0) is 30.7 Å². The number of hydrogen-bond acceptors (Lipinski definition) is 2. The molecule has 0 radical (unpaired) electrons. The second-order valence-corrected chi connectivity index (χ2v) is 6.06. The smallest absolute Gasteiger partial charge is 0.224 e. The van der Waals surface area contributed by atoms with E-state index in [-0.39, 0.29) is 17.2 Å². The number of nitrogens with one attached hydrogen (secondary N) is 2. The van der Waals surface area contributed by atoms with E-state index in [9.17, 15) is 4.79 Å². The van der Waals surface area contributed by atoms with Crippen LogP contribution in [0.3, 0.4) is 0 Å². The average molecular weight is 226 g/mol. The van der Waals surface area contributed by atoms with Crippen LogP contribution >= 0.6 is 0 Å². The molecule has 3 heteroatoms. The highest BCUT2D eigenvalue weighted by molar-refractivity contribution is 5.78. The molecule has 1 amide bonds. The third-order valence-corrected chi connectivity index (χ3v) is 3.73. The zero-order chi connectivity index (χ0) is 12.2. The number of rotatable bonds is 3. The van der Waals surface area contributed by atoms with Crippen molar-refractivity contribution in [2.24, 2.45) is 17.3 Å². The summed E-state index contributed by atoms with van der Waals surface area (Å²) in [6, 6.07) is 0. The minimum Gasteiger partial charge on any atom is -0.356 e. The maximum Gasteiger partial charge on any atom is 0.224 e. The predicted octanol–water partition coefficient (Wildman–Crippen LogP) is 1.78. The van der Waals surface area contributed by atoms with Crippen LogP contribution in [0.15, 0.2) is 0 Å². The average Bonchev–Trinajstić information content (AvgIpc) is 2.25. The van der Waals surface area contributed by atoms with Gasteiger partial charge in [-0.25, -0.2) is 0 Å². The lowest BCUT2D eigenvalue weighted by atomic mass is 9.82. The Hall–Kier alpha value is -0.570. The molecule has 1 heterocycles. The maximum absolute atomic E-state index is 11.9. The lowest BCUT2D eigenvalue weighted by molar-refractivity contribution is -0.125. The van der Waals surface area contributed by atoms with Gasteiger partial charge >= 0.3 is 0 Å². The molecule has 94 valence electrons. The first-order valence-electron chi connectivity index (χ1n) is 6.39. The van der Waals surface area contributed by atoms with Gasteiger partial charge in [-0.1, -0.05) is 27.7 Å². The van der Waals surface area contributed by atoms with Gasteiger partial charge in [0.05, 0.1) is 5.92 Å². The first kappa shape index (κ1) is 13.5. The summed E-state index contributed by atoms with van der Waals surface area (Å²) < 4.78 is 0. The van der Waals surface area contributed by atoms with Crippen molar-refractivity contribution >= 4 is 5.91 Å². The van der Waals surface area contributed by atoms with E-state index < -0.39 is 0 Å². The lowest BCUT2D eigenvalue weighted by Crippen LogP contribution is -2.42. The van der Waals surface area contributed by atoms with E-state index in [1.807, 2.05) is 0 Å². The molecule has 0 aromatic carbocycles. The Kier molecular flexibility index (Phi) is 4.78. The Morgan fingerprint density at radius 3 is 2.69 bits per heavy atom. The fraction of sp³-hybridized carbons (Fsp3) is 0.923. The zero-order valence-electron chi connectivity index (χ0n) is 11.1. The molecule has 1 aliphatic rings. The third-order valence-electron chi connectivity index (χ3n) is 3.73. The van der Waals surface area contributed by atoms with Crippen molar-refractivity contribution in [1.82, 2.24) is 10.6 Å². The van der Waals surface area contributed by atoms with Crippen molar-refractivity contribution in [3.8, 4) is 0 Å². The van der Waals surface area contributed by atoms with E-state index in [1.165, 1.54) is 0 Å². The highest BCUT2D eigenvalue weighted by Gasteiger charge is 2.24. The summed E-state index contributed by atoms with van der Waals surface area (Å²) in [5, 5.41) is 6.35. The molecular weight excluding hydrogens is 200 g/mol.